The zero-order chi connectivity index (χ0) is 27.1. The first-order valence-corrected chi connectivity index (χ1v) is 13.8. The van der Waals surface area contributed by atoms with Gasteiger partial charge in [-0.3, -0.25) is 9.10 Å². The molecule has 0 aromatic heterocycles. The van der Waals surface area contributed by atoms with Gasteiger partial charge in [0.15, 0.2) is 0 Å². The smallest absolute Gasteiger partial charge is 0.264 e. The lowest BCUT2D eigenvalue weighted by Gasteiger charge is -2.26. The van der Waals surface area contributed by atoms with Gasteiger partial charge in [0.1, 0.15) is 11.5 Å². The average Bonchev–Trinajstić information content (AvgIpc) is 2.98. The molecule has 0 bridgehead atoms. The molecule has 7 heteroatoms. The third-order valence-electron chi connectivity index (χ3n) is 6.01. The molecule has 0 aliphatic rings. The van der Waals surface area contributed by atoms with E-state index in [2.05, 4.69) is 5.32 Å². The van der Waals surface area contributed by atoms with E-state index in [4.69, 9.17) is 4.74 Å². The summed E-state index contributed by atoms with van der Waals surface area (Å²) in [5.41, 5.74) is 1.86. The van der Waals surface area contributed by atoms with E-state index in [1.165, 1.54) is 4.31 Å². The zero-order valence-electron chi connectivity index (χ0n) is 21.0. The van der Waals surface area contributed by atoms with Gasteiger partial charge in [0.05, 0.1) is 22.7 Å². The Labute approximate surface area is 228 Å². The number of sulfonamides is 1. The summed E-state index contributed by atoms with van der Waals surface area (Å²) in [6, 6.07) is 40.6. The minimum atomic E-state index is -3.98. The number of rotatable bonds is 9. The van der Waals surface area contributed by atoms with Crippen molar-refractivity contribution in [2.45, 2.75) is 11.4 Å². The van der Waals surface area contributed by atoms with E-state index < -0.39 is 15.9 Å². The molecule has 0 heterocycles. The highest BCUT2D eigenvalue weighted by molar-refractivity contribution is 7.92. The van der Waals surface area contributed by atoms with Crippen molar-refractivity contribution in [3.8, 4) is 11.5 Å². The van der Waals surface area contributed by atoms with E-state index in [0.717, 1.165) is 5.56 Å². The molecule has 0 aliphatic carbocycles. The molecule has 0 atom stereocenters. The molecule has 0 saturated heterocycles. The summed E-state index contributed by atoms with van der Waals surface area (Å²) in [6.07, 6.45) is 0. The van der Waals surface area contributed by atoms with E-state index in [1.54, 1.807) is 78.9 Å². The number of carbonyl (C=O) groups is 1. The van der Waals surface area contributed by atoms with E-state index >= 15 is 0 Å². The fraction of sp³-hybridized carbons (Fsp3) is 0.0312. The highest BCUT2D eigenvalue weighted by atomic mass is 32.2. The summed E-state index contributed by atoms with van der Waals surface area (Å²) in [6.45, 7) is 0.0634. The highest BCUT2D eigenvalue weighted by Gasteiger charge is 2.28. The Balaban J connectivity index is 1.44. The molecule has 5 rings (SSSR count). The van der Waals surface area contributed by atoms with Crippen molar-refractivity contribution in [2.75, 3.05) is 9.62 Å². The number of para-hydroxylation sites is 2. The first-order valence-electron chi connectivity index (χ1n) is 12.4. The standard InChI is InChI=1S/C32H26N2O4S/c35-32(33-26-20-22-28(23-21-26)38-27-14-6-2-7-15-27)30-18-10-11-19-31(30)34(24-25-12-4-1-5-13-25)39(36,37)29-16-8-3-9-17-29/h1-23H,24H2,(H,33,35). The zero-order valence-corrected chi connectivity index (χ0v) is 21.8. The second-order valence-electron chi connectivity index (χ2n) is 8.72. The lowest BCUT2D eigenvalue weighted by atomic mass is 10.1. The predicted octanol–water partition coefficient (Wildman–Crippen LogP) is 7.13. The van der Waals surface area contributed by atoms with Crippen LogP contribution in [0.1, 0.15) is 15.9 Å². The Hall–Kier alpha value is -4.88. The van der Waals surface area contributed by atoms with Crippen LogP contribution in [0.15, 0.2) is 144 Å². The van der Waals surface area contributed by atoms with Crippen molar-refractivity contribution in [1.29, 1.82) is 0 Å². The van der Waals surface area contributed by atoms with Crippen molar-refractivity contribution in [1.82, 2.24) is 0 Å². The molecule has 0 fully saturated rings. The molecule has 0 radical (unpaired) electrons. The molecule has 0 aliphatic heterocycles. The van der Waals surface area contributed by atoms with Crippen LogP contribution in [-0.2, 0) is 16.6 Å². The van der Waals surface area contributed by atoms with Crippen LogP contribution < -0.4 is 14.4 Å². The SMILES string of the molecule is O=C(Nc1ccc(Oc2ccccc2)cc1)c1ccccc1N(Cc1ccccc1)S(=O)(=O)c1ccccc1. The Morgan fingerprint density at radius 3 is 1.85 bits per heavy atom. The third kappa shape index (κ3) is 6.17. The van der Waals surface area contributed by atoms with Gasteiger partial charge in [0, 0.05) is 5.69 Å². The second kappa shape index (κ2) is 11.7. The normalized spacial score (nSPS) is 11.0. The van der Waals surface area contributed by atoms with Crippen LogP contribution in [0.5, 0.6) is 11.5 Å². The topological polar surface area (TPSA) is 75.7 Å². The molecule has 6 nitrogen and oxygen atoms in total. The molecule has 1 N–H and O–H groups in total. The summed E-state index contributed by atoms with van der Waals surface area (Å²) >= 11 is 0. The molecule has 5 aromatic rings. The van der Waals surface area contributed by atoms with Crippen LogP contribution in [0.3, 0.4) is 0 Å². The maximum absolute atomic E-state index is 13.8. The molecule has 5 aromatic carbocycles. The summed E-state index contributed by atoms with van der Waals surface area (Å²) < 4.78 is 34.8. The van der Waals surface area contributed by atoms with Gasteiger partial charge in [0.2, 0.25) is 0 Å². The van der Waals surface area contributed by atoms with E-state index in [0.29, 0.717) is 17.2 Å². The molecule has 39 heavy (non-hydrogen) atoms. The van der Waals surface area contributed by atoms with E-state index in [9.17, 15) is 13.2 Å². The van der Waals surface area contributed by atoms with Gasteiger partial charge in [-0.15, -0.1) is 0 Å². The quantitative estimate of drug-likeness (QED) is 0.218. The summed E-state index contributed by atoms with van der Waals surface area (Å²) in [4.78, 5) is 13.6. The van der Waals surface area contributed by atoms with Gasteiger partial charge in [-0.05, 0) is 66.2 Å². The number of hydrogen-bond acceptors (Lipinski definition) is 4. The molecule has 0 spiro atoms. The monoisotopic (exact) mass is 534 g/mol. The first-order chi connectivity index (χ1) is 19.0. The van der Waals surface area contributed by atoms with Crippen LogP contribution in [0.2, 0.25) is 0 Å². The van der Waals surface area contributed by atoms with Crippen molar-refractivity contribution in [2.24, 2.45) is 0 Å². The fourth-order valence-corrected chi connectivity index (χ4v) is 5.57. The predicted molar refractivity (Wildman–Crippen MR) is 154 cm³/mol. The summed E-state index contributed by atoms with van der Waals surface area (Å²) in [5.74, 6) is 0.910. The van der Waals surface area contributed by atoms with Gasteiger partial charge in [-0.25, -0.2) is 8.42 Å². The summed E-state index contributed by atoms with van der Waals surface area (Å²) in [7, 11) is -3.98. The molecule has 0 unspecified atom stereocenters. The van der Waals surface area contributed by atoms with Crippen molar-refractivity contribution in [3.63, 3.8) is 0 Å². The Morgan fingerprint density at radius 1 is 0.641 bits per heavy atom. The average molecular weight is 535 g/mol. The maximum atomic E-state index is 13.8. The van der Waals surface area contributed by atoms with Gasteiger partial charge in [-0.1, -0.05) is 78.9 Å². The Morgan fingerprint density at radius 2 is 1.18 bits per heavy atom. The number of hydrogen-bond donors (Lipinski definition) is 1. The molecule has 194 valence electrons. The lowest BCUT2D eigenvalue weighted by Crippen LogP contribution is -2.32. The fourth-order valence-electron chi connectivity index (χ4n) is 4.08. The molecular formula is C32H26N2O4S. The molecule has 0 saturated carbocycles. The van der Waals surface area contributed by atoms with Gasteiger partial charge in [-0.2, -0.15) is 0 Å². The van der Waals surface area contributed by atoms with Gasteiger partial charge < -0.3 is 10.1 Å². The summed E-state index contributed by atoms with van der Waals surface area (Å²) in [5, 5.41) is 2.88. The van der Waals surface area contributed by atoms with E-state index in [1.807, 2.05) is 60.7 Å². The van der Waals surface area contributed by atoms with Crippen molar-refractivity contribution < 1.29 is 17.9 Å². The largest absolute Gasteiger partial charge is 0.457 e. The Kier molecular flexibility index (Phi) is 7.70. The molecule has 1 amide bonds. The van der Waals surface area contributed by atoms with Crippen LogP contribution in [0, 0.1) is 0 Å². The van der Waals surface area contributed by atoms with Crippen LogP contribution in [0.4, 0.5) is 11.4 Å². The minimum Gasteiger partial charge on any atom is -0.457 e. The number of carbonyl (C=O) groups excluding carboxylic acids is 1. The van der Waals surface area contributed by atoms with Crippen molar-refractivity contribution >= 4 is 27.3 Å². The second-order valence-corrected chi connectivity index (χ2v) is 10.6. The number of anilines is 2. The van der Waals surface area contributed by atoms with Crippen LogP contribution in [0.25, 0.3) is 0 Å². The van der Waals surface area contributed by atoms with Crippen LogP contribution >= 0.6 is 0 Å². The number of nitrogens with one attached hydrogen (secondary N) is 1. The number of ether oxygens (including phenoxy) is 1. The van der Waals surface area contributed by atoms with Gasteiger partial charge >= 0.3 is 0 Å². The number of nitrogens with zero attached hydrogens (tertiary/aromatic N) is 1. The minimum absolute atomic E-state index is 0.0634. The molecular weight excluding hydrogens is 508 g/mol. The third-order valence-corrected chi connectivity index (χ3v) is 7.78. The Bertz CT molecular complexity index is 1640. The van der Waals surface area contributed by atoms with Gasteiger partial charge in [0.25, 0.3) is 15.9 Å². The number of amides is 1. The van der Waals surface area contributed by atoms with E-state index in [-0.39, 0.29) is 22.7 Å². The van der Waals surface area contributed by atoms with Crippen LogP contribution in [-0.4, -0.2) is 14.3 Å². The maximum Gasteiger partial charge on any atom is 0.264 e. The number of benzene rings is 5. The lowest BCUT2D eigenvalue weighted by molar-refractivity contribution is 0.102. The highest BCUT2D eigenvalue weighted by Crippen LogP contribution is 2.30. The first kappa shape index (κ1) is 25.8. The van der Waals surface area contributed by atoms with Crippen molar-refractivity contribution in [3.05, 3.63) is 151 Å².